The minimum atomic E-state index is 0.792. The Kier molecular flexibility index (Phi) is 2.04. The van der Waals surface area contributed by atoms with Gasteiger partial charge >= 0.3 is 0 Å². The third-order valence-corrected chi connectivity index (χ3v) is 1.95. The van der Waals surface area contributed by atoms with Crippen LogP contribution in [0.25, 0.3) is 11.4 Å². The van der Waals surface area contributed by atoms with Gasteiger partial charge in [0, 0.05) is 18.0 Å². The van der Waals surface area contributed by atoms with Crippen LogP contribution in [0.5, 0.6) is 0 Å². The summed E-state index contributed by atoms with van der Waals surface area (Å²) in [5.74, 6) is 0.792. The maximum atomic E-state index is 4.20. The molecule has 1 aromatic heterocycles. The van der Waals surface area contributed by atoms with Crippen LogP contribution >= 0.6 is 0 Å². The molecule has 2 rings (SSSR count). The van der Waals surface area contributed by atoms with Crippen LogP contribution < -0.4 is 0 Å². The normalized spacial score (nSPS) is 9.92. The van der Waals surface area contributed by atoms with E-state index in [1.807, 2.05) is 24.3 Å². The summed E-state index contributed by atoms with van der Waals surface area (Å²) in [4.78, 5) is 8.40. The highest BCUT2D eigenvalue weighted by atomic mass is 14.8. The molecular formula is C11H10N2. The standard InChI is InChI=1S/C11H10N2/c1-9-5-2-3-6-10(9)11-12-7-4-8-13-11/h2-8H,1H3. The van der Waals surface area contributed by atoms with Gasteiger partial charge in [-0.2, -0.15) is 0 Å². The molecule has 64 valence electrons. The molecule has 0 aliphatic carbocycles. The monoisotopic (exact) mass is 170 g/mol. The molecule has 2 aromatic rings. The number of aryl methyl sites for hydroxylation is 1. The molecular weight excluding hydrogens is 160 g/mol. The number of rotatable bonds is 1. The molecule has 0 amide bonds. The second-order valence-corrected chi connectivity index (χ2v) is 2.89. The van der Waals surface area contributed by atoms with Gasteiger partial charge in [-0.15, -0.1) is 0 Å². The van der Waals surface area contributed by atoms with Crippen LogP contribution in [0.3, 0.4) is 0 Å². The fourth-order valence-corrected chi connectivity index (χ4v) is 1.26. The minimum absolute atomic E-state index is 0.792. The van der Waals surface area contributed by atoms with Crippen LogP contribution in [0.15, 0.2) is 42.7 Å². The summed E-state index contributed by atoms with van der Waals surface area (Å²) < 4.78 is 0. The van der Waals surface area contributed by atoms with Gasteiger partial charge in [-0.25, -0.2) is 9.97 Å². The average molecular weight is 170 g/mol. The van der Waals surface area contributed by atoms with Gasteiger partial charge in [-0.3, -0.25) is 0 Å². The molecule has 0 saturated heterocycles. The van der Waals surface area contributed by atoms with Crippen molar-refractivity contribution in [2.75, 3.05) is 0 Å². The predicted molar refractivity (Wildman–Crippen MR) is 52.2 cm³/mol. The molecule has 0 radical (unpaired) electrons. The van der Waals surface area contributed by atoms with Gasteiger partial charge < -0.3 is 0 Å². The van der Waals surface area contributed by atoms with E-state index in [0.717, 1.165) is 11.4 Å². The zero-order valence-corrected chi connectivity index (χ0v) is 7.44. The summed E-state index contributed by atoms with van der Waals surface area (Å²) in [6.07, 6.45) is 3.52. The molecule has 0 N–H and O–H groups in total. The Morgan fingerprint density at radius 3 is 2.31 bits per heavy atom. The van der Waals surface area contributed by atoms with Gasteiger partial charge in [-0.1, -0.05) is 24.3 Å². The zero-order chi connectivity index (χ0) is 9.10. The van der Waals surface area contributed by atoms with Gasteiger partial charge in [0.2, 0.25) is 0 Å². The van der Waals surface area contributed by atoms with Gasteiger partial charge in [0.1, 0.15) is 0 Å². The van der Waals surface area contributed by atoms with Crippen LogP contribution in [-0.4, -0.2) is 9.97 Å². The van der Waals surface area contributed by atoms with Crippen molar-refractivity contribution < 1.29 is 0 Å². The summed E-state index contributed by atoms with van der Waals surface area (Å²) >= 11 is 0. The van der Waals surface area contributed by atoms with Crippen molar-refractivity contribution >= 4 is 0 Å². The van der Waals surface area contributed by atoms with E-state index in [0.29, 0.717) is 0 Å². The number of aromatic nitrogens is 2. The lowest BCUT2D eigenvalue weighted by atomic mass is 10.1. The molecule has 0 bridgehead atoms. The largest absolute Gasteiger partial charge is 0.237 e. The second-order valence-electron chi connectivity index (χ2n) is 2.89. The fourth-order valence-electron chi connectivity index (χ4n) is 1.26. The maximum Gasteiger partial charge on any atom is 0.159 e. The van der Waals surface area contributed by atoms with Crippen molar-refractivity contribution in [2.24, 2.45) is 0 Å². The number of nitrogens with zero attached hydrogens (tertiary/aromatic N) is 2. The van der Waals surface area contributed by atoms with Gasteiger partial charge in [-0.05, 0) is 18.6 Å². The lowest BCUT2D eigenvalue weighted by Gasteiger charge is -2.01. The zero-order valence-electron chi connectivity index (χ0n) is 7.44. The first-order valence-electron chi connectivity index (χ1n) is 4.21. The molecule has 0 fully saturated rings. The van der Waals surface area contributed by atoms with Crippen molar-refractivity contribution in [1.82, 2.24) is 9.97 Å². The van der Waals surface area contributed by atoms with E-state index in [4.69, 9.17) is 0 Å². The molecule has 0 saturated carbocycles. The van der Waals surface area contributed by atoms with Gasteiger partial charge in [0.05, 0.1) is 0 Å². The molecule has 2 heteroatoms. The van der Waals surface area contributed by atoms with E-state index >= 15 is 0 Å². The molecule has 13 heavy (non-hydrogen) atoms. The quantitative estimate of drug-likeness (QED) is 0.657. The van der Waals surface area contributed by atoms with Crippen molar-refractivity contribution in [2.45, 2.75) is 6.92 Å². The maximum absolute atomic E-state index is 4.20. The third kappa shape index (κ3) is 1.56. The summed E-state index contributed by atoms with van der Waals surface area (Å²) in [6, 6.07) is 9.93. The van der Waals surface area contributed by atoms with Crippen LogP contribution in [0.2, 0.25) is 0 Å². The van der Waals surface area contributed by atoms with Crippen LogP contribution in [0.4, 0.5) is 0 Å². The lowest BCUT2D eigenvalue weighted by Crippen LogP contribution is -1.88. The average Bonchev–Trinajstić information content (AvgIpc) is 2.20. The molecule has 1 aromatic carbocycles. The first-order valence-corrected chi connectivity index (χ1v) is 4.21. The Balaban J connectivity index is 2.54. The Bertz CT molecular complexity index is 396. The molecule has 0 aliphatic rings. The molecule has 0 atom stereocenters. The van der Waals surface area contributed by atoms with E-state index in [-0.39, 0.29) is 0 Å². The highest BCUT2D eigenvalue weighted by Crippen LogP contribution is 2.17. The van der Waals surface area contributed by atoms with E-state index < -0.39 is 0 Å². The molecule has 0 aliphatic heterocycles. The first kappa shape index (κ1) is 7.92. The Hall–Kier alpha value is -1.70. The van der Waals surface area contributed by atoms with Crippen LogP contribution in [-0.2, 0) is 0 Å². The topological polar surface area (TPSA) is 25.8 Å². The molecule has 2 nitrogen and oxygen atoms in total. The summed E-state index contributed by atoms with van der Waals surface area (Å²) in [6.45, 7) is 2.06. The third-order valence-electron chi connectivity index (χ3n) is 1.95. The van der Waals surface area contributed by atoms with Crippen molar-refractivity contribution in [3.63, 3.8) is 0 Å². The smallest absolute Gasteiger partial charge is 0.159 e. The van der Waals surface area contributed by atoms with E-state index in [9.17, 15) is 0 Å². The van der Waals surface area contributed by atoms with E-state index in [2.05, 4.69) is 23.0 Å². The van der Waals surface area contributed by atoms with Crippen molar-refractivity contribution in [3.8, 4) is 11.4 Å². The van der Waals surface area contributed by atoms with Crippen molar-refractivity contribution in [1.29, 1.82) is 0 Å². The Morgan fingerprint density at radius 1 is 0.923 bits per heavy atom. The minimum Gasteiger partial charge on any atom is -0.237 e. The van der Waals surface area contributed by atoms with Gasteiger partial charge in [0.25, 0.3) is 0 Å². The van der Waals surface area contributed by atoms with Crippen molar-refractivity contribution in [3.05, 3.63) is 48.3 Å². The van der Waals surface area contributed by atoms with Crippen LogP contribution in [0.1, 0.15) is 5.56 Å². The second kappa shape index (κ2) is 3.35. The van der Waals surface area contributed by atoms with Crippen LogP contribution in [0, 0.1) is 6.92 Å². The summed E-state index contributed by atoms with van der Waals surface area (Å²) in [7, 11) is 0. The lowest BCUT2D eigenvalue weighted by molar-refractivity contribution is 1.17. The number of hydrogen-bond donors (Lipinski definition) is 0. The SMILES string of the molecule is Cc1ccccc1-c1ncccn1. The van der Waals surface area contributed by atoms with E-state index in [1.165, 1.54) is 5.56 Å². The first-order chi connectivity index (χ1) is 6.38. The molecule has 0 unspecified atom stereocenters. The van der Waals surface area contributed by atoms with Gasteiger partial charge in [0.15, 0.2) is 5.82 Å². The number of benzene rings is 1. The molecule has 0 spiro atoms. The predicted octanol–water partition coefficient (Wildman–Crippen LogP) is 2.45. The highest BCUT2D eigenvalue weighted by molar-refractivity contribution is 5.59. The number of hydrogen-bond acceptors (Lipinski definition) is 2. The highest BCUT2D eigenvalue weighted by Gasteiger charge is 2.01. The van der Waals surface area contributed by atoms with E-state index in [1.54, 1.807) is 12.4 Å². The Labute approximate surface area is 77.3 Å². The summed E-state index contributed by atoms with van der Waals surface area (Å²) in [5, 5.41) is 0. The fraction of sp³-hybridized carbons (Fsp3) is 0.0909. The summed E-state index contributed by atoms with van der Waals surface area (Å²) in [5.41, 5.74) is 2.30. The molecule has 1 heterocycles. The Morgan fingerprint density at radius 2 is 1.62 bits per heavy atom.